The van der Waals surface area contributed by atoms with Crippen LogP contribution in [0.15, 0.2) is 52.0 Å². The lowest BCUT2D eigenvalue weighted by molar-refractivity contribution is 0.953. The lowest BCUT2D eigenvalue weighted by atomic mass is 10.4. The maximum atomic E-state index is 12.2. The molecule has 22 heavy (non-hydrogen) atoms. The van der Waals surface area contributed by atoms with Gasteiger partial charge in [-0.3, -0.25) is 13.6 Å². The minimum atomic E-state index is -0.0210. The quantitative estimate of drug-likeness (QED) is 0.543. The Morgan fingerprint density at radius 3 is 3.18 bits per heavy atom. The van der Waals surface area contributed by atoms with E-state index in [0.29, 0.717) is 5.75 Å². The molecule has 4 heterocycles. The summed E-state index contributed by atoms with van der Waals surface area (Å²) in [6.45, 7) is 1.91. The summed E-state index contributed by atoms with van der Waals surface area (Å²) in [5, 5.41) is 2.85. The first-order valence-corrected chi connectivity index (χ1v) is 8.60. The summed E-state index contributed by atoms with van der Waals surface area (Å²) >= 11 is 3.07. The van der Waals surface area contributed by atoms with Gasteiger partial charge in [-0.05, 0) is 19.1 Å². The van der Waals surface area contributed by atoms with Gasteiger partial charge in [0.2, 0.25) is 0 Å². The zero-order chi connectivity index (χ0) is 15.1. The van der Waals surface area contributed by atoms with Gasteiger partial charge in [-0.2, -0.15) is 0 Å². The first-order chi connectivity index (χ1) is 10.7. The lowest BCUT2D eigenvalue weighted by Crippen LogP contribution is -2.14. The van der Waals surface area contributed by atoms with Crippen molar-refractivity contribution in [2.24, 2.45) is 0 Å². The molecular formula is C15H12N4OS2. The van der Waals surface area contributed by atoms with Crippen LogP contribution in [0.3, 0.4) is 0 Å². The van der Waals surface area contributed by atoms with Crippen molar-refractivity contribution in [3.8, 4) is 0 Å². The fraction of sp³-hybridized carbons (Fsp3) is 0.133. The number of hydrogen-bond acceptors (Lipinski definition) is 5. The van der Waals surface area contributed by atoms with Gasteiger partial charge in [-0.15, -0.1) is 11.3 Å². The van der Waals surface area contributed by atoms with Crippen LogP contribution >= 0.6 is 23.1 Å². The van der Waals surface area contributed by atoms with Crippen molar-refractivity contribution in [2.45, 2.75) is 17.8 Å². The number of aromatic nitrogens is 4. The summed E-state index contributed by atoms with van der Waals surface area (Å²) in [7, 11) is 0. The van der Waals surface area contributed by atoms with Gasteiger partial charge in [0.1, 0.15) is 0 Å². The highest BCUT2D eigenvalue weighted by Crippen LogP contribution is 2.22. The fourth-order valence-corrected chi connectivity index (χ4v) is 4.09. The van der Waals surface area contributed by atoms with Gasteiger partial charge < -0.3 is 0 Å². The number of pyridine rings is 1. The summed E-state index contributed by atoms with van der Waals surface area (Å²) in [6, 6.07) is 7.59. The van der Waals surface area contributed by atoms with E-state index in [1.54, 1.807) is 22.2 Å². The topological polar surface area (TPSA) is 51.7 Å². The van der Waals surface area contributed by atoms with Gasteiger partial charge in [-0.25, -0.2) is 9.97 Å². The number of aryl methyl sites for hydroxylation is 1. The molecule has 110 valence electrons. The molecule has 0 atom stereocenters. The standard InChI is InChI=1S/C15H12N4OS2/c1-10-8-21-15-17-11(6-13(20)19(10)15)9-22-14-16-7-12-4-2-3-5-18(12)14/h2-8H,9H2,1H3. The molecule has 0 saturated heterocycles. The number of thiazole rings is 1. The number of imidazole rings is 1. The number of thioether (sulfide) groups is 1. The SMILES string of the molecule is Cc1csc2nc(CSc3ncc4ccccn34)cc(=O)n12. The first kappa shape index (κ1) is 13.5. The Morgan fingerprint density at radius 2 is 2.27 bits per heavy atom. The molecule has 4 aromatic heterocycles. The molecule has 0 aliphatic carbocycles. The highest BCUT2D eigenvalue weighted by atomic mass is 32.2. The predicted molar refractivity (Wildman–Crippen MR) is 88.8 cm³/mol. The van der Waals surface area contributed by atoms with Crippen LogP contribution in [0.5, 0.6) is 0 Å². The third-order valence-electron chi connectivity index (χ3n) is 3.38. The van der Waals surface area contributed by atoms with E-state index in [4.69, 9.17) is 0 Å². The molecule has 4 rings (SSSR count). The Labute approximate surface area is 134 Å². The lowest BCUT2D eigenvalue weighted by Gasteiger charge is -2.02. The number of hydrogen-bond donors (Lipinski definition) is 0. The molecule has 0 radical (unpaired) electrons. The average Bonchev–Trinajstić information content (AvgIpc) is 3.09. The Kier molecular flexibility index (Phi) is 3.24. The van der Waals surface area contributed by atoms with E-state index in [-0.39, 0.29) is 5.56 Å². The summed E-state index contributed by atoms with van der Waals surface area (Å²) in [5.74, 6) is 0.622. The fourth-order valence-electron chi connectivity index (χ4n) is 2.34. The summed E-state index contributed by atoms with van der Waals surface area (Å²) in [4.78, 5) is 21.9. The van der Waals surface area contributed by atoms with Crippen molar-refractivity contribution in [1.82, 2.24) is 18.8 Å². The van der Waals surface area contributed by atoms with E-state index in [1.807, 2.05) is 47.3 Å². The second-order valence-corrected chi connectivity index (χ2v) is 6.68. The molecule has 0 spiro atoms. The van der Waals surface area contributed by atoms with Crippen LogP contribution in [0.2, 0.25) is 0 Å². The zero-order valence-corrected chi connectivity index (χ0v) is 13.4. The average molecular weight is 328 g/mol. The minimum absolute atomic E-state index is 0.0210. The third-order valence-corrected chi connectivity index (χ3v) is 5.33. The zero-order valence-electron chi connectivity index (χ0n) is 11.8. The van der Waals surface area contributed by atoms with E-state index < -0.39 is 0 Å². The monoisotopic (exact) mass is 328 g/mol. The smallest absolute Gasteiger partial charge is 0.258 e. The van der Waals surface area contributed by atoms with E-state index >= 15 is 0 Å². The first-order valence-electron chi connectivity index (χ1n) is 6.74. The molecule has 0 N–H and O–H groups in total. The molecule has 0 aromatic carbocycles. The molecule has 0 unspecified atom stereocenters. The van der Waals surface area contributed by atoms with E-state index in [9.17, 15) is 4.79 Å². The molecular weight excluding hydrogens is 316 g/mol. The van der Waals surface area contributed by atoms with Crippen LogP contribution in [0, 0.1) is 6.92 Å². The largest absolute Gasteiger partial charge is 0.295 e. The number of nitrogens with zero attached hydrogens (tertiary/aromatic N) is 4. The molecule has 0 bridgehead atoms. The normalized spacial score (nSPS) is 11.5. The van der Waals surface area contributed by atoms with E-state index in [0.717, 1.165) is 27.0 Å². The second kappa shape index (κ2) is 5.26. The molecule has 0 saturated carbocycles. The van der Waals surface area contributed by atoms with Crippen LogP contribution in [0.4, 0.5) is 0 Å². The van der Waals surface area contributed by atoms with Gasteiger partial charge in [0.15, 0.2) is 10.1 Å². The van der Waals surface area contributed by atoms with Gasteiger partial charge in [-0.1, -0.05) is 17.8 Å². The van der Waals surface area contributed by atoms with Crippen LogP contribution in [0.25, 0.3) is 10.5 Å². The van der Waals surface area contributed by atoms with Crippen molar-refractivity contribution in [3.05, 3.63) is 63.8 Å². The third kappa shape index (κ3) is 2.22. The van der Waals surface area contributed by atoms with Crippen LogP contribution in [-0.4, -0.2) is 18.8 Å². The van der Waals surface area contributed by atoms with E-state index in [2.05, 4.69) is 9.97 Å². The molecule has 0 fully saturated rings. The molecule has 7 heteroatoms. The highest BCUT2D eigenvalue weighted by molar-refractivity contribution is 7.98. The molecule has 0 amide bonds. The summed E-state index contributed by atoms with van der Waals surface area (Å²) in [6.07, 6.45) is 3.83. The van der Waals surface area contributed by atoms with Crippen molar-refractivity contribution >= 4 is 33.6 Å². The second-order valence-electron chi connectivity index (χ2n) is 4.91. The van der Waals surface area contributed by atoms with Crippen LogP contribution < -0.4 is 5.56 Å². The van der Waals surface area contributed by atoms with Gasteiger partial charge >= 0.3 is 0 Å². The molecule has 0 aliphatic heterocycles. The van der Waals surface area contributed by atoms with Crippen molar-refractivity contribution < 1.29 is 0 Å². The van der Waals surface area contributed by atoms with Crippen molar-refractivity contribution in [1.29, 1.82) is 0 Å². The Hall–Kier alpha value is -2.12. The van der Waals surface area contributed by atoms with Gasteiger partial charge in [0.05, 0.1) is 17.4 Å². The number of rotatable bonds is 3. The minimum Gasteiger partial charge on any atom is -0.295 e. The predicted octanol–water partition coefficient (Wildman–Crippen LogP) is 3.00. The van der Waals surface area contributed by atoms with Crippen LogP contribution in [0.1, 0.15) is 11.4 Å². The molecule has 5 nitrogen and oxygen atoms in total. The maximum Gasteiger partial charge on any atom is 0.258 e. The summed E-state index contributed by atoms with van der Waals surface area (Å²) < 4.78 is 3.68. The number of fused-ring (bicyclic) bond motifs is 2. The Morgan fingerprint density at radius 1 is 1.36 bits per heavy atom. The molecule has 4 aromatic rings. The van der Waals surface area contributed by atoms with Gasteiger partial charge in [0.25, 0.3) is 5.56 Å². The van der Waals surface area contributed by atoms with E-state index in [1.165, 1.54) is 11.3 Å². The Bertz CT molecular complexity index is 1030. The van der Waals surface area contributed by atoms with Gasteiger partial charge in [0, 0.05) is 29.1 Å². The Balaban J connectivity index is 1.65. The maximum absolute atomic E-state index is 12.2. The summed E-state index contributed by atoms with van der Waals surface area (Å²) in [5.41, 5.74) is 2.75. The van der Waals surface area contributed by atoms with Crippen molar-refractivity contribution in [2.75, 3.05) is 0 Å². The van der Waals surface area contributed by atoms with Crippen LogP contribution in [-0.2, 0) is 5.75 Å². The van der Waals surface area contributed by atoms with Crippen molar-refractivity contribution in [3.63, 3.8) is 0 Å². The highest BCUT2D eigenvalue weighted by Gasteiger charge is 2.09. The molecule has 0 aliphatic rings.